The zero-order valence-corrected chi connectivity index (χ0v) is 23.3. The Morgan fingerprint density at radius 1 is 0.923 bits per heavy atom. The van der Waals surface area contributed by atoms with Crippen LogP contribution in [0.4, 0.5) is 11.8 Å². The van der Waals surface area contributed by atoms with Crippen LogP contribution in [0, 0.1) is 5.92 Å². The highest BCUT2D eigenvalue weighted by atomic mass is 16.3. The largest absolute Gasteiger partial charge is 0.394 e. The molecule has 1 amide bonds. The second kappa shape index (κ2) is 12.3. The fourth-order valence-corrected chi connectivity index (χ4v) is 5.71. The predicted octanol–water partition coefficient (Wildman–Crippen LogP) is 4.71. The van der Waals surface area contributed by atoms with Crippen molar-refractivity contribution in [1.29, 1.82) is 0 Å². The van der Waals surface area contributed by atoms with Crippen LogP contribution in [0.2, 0.25) is 0 Å². The summed E-state index contributed by atoms with van der Waals surface area (Å²) in [5.41, 5.74) is 3.12. The van der Waals surface area contributed by atoms with Crippen LogP contribution in [0.3, 0.4) is 0 Å². The molecule has 208 valence electrons. The summed E-state index contributed by atoms with van der Waals surface area (Å²) < 4.78 is 0. The Hall–Kier alpha value is -3.23. The van der Waals surface area contributed by atoms with E-state index in [1.54, 1.807) is 0 Å². The van der Waals surface area contributed by atoms with Crippen molar-refractivity contribution in [3.63, 3.8) is 0 Å². The number of aliphatic hydroxyl groups excluding tert-OH is 1. The van der Waals surface area contributed by atoms with E-state index in [0.717, 1.165) is 66.4 Å². The van der Waals surface area contributed by atoms with Crippen molar-refractivity contribution in [3.8, 4) is 11.1 Å². The van der Waals surface area contributed by atoms with Crippen molar-refractivity contribution >= 4 is 28.6 Å². The quantitative estimate of drug-likeness (QED) is 0.258. The summed E-state index contributed by atoms with van der Waals surface area (Å²) in [6.45, 7) is 6.21. The van der Waals surface area contributed by atoms with Gasteiger partial charge in [0.15, 0.2) is 0 Å². The van der Waals surface area contributed by atoms with Gasteiger partial charge in [0.2, 0.25) is 11.9 Å². The number of carbonyl (C=O) groups excluding carboxylic acids is 1. The molecule has 0 bridgehead atoms. The highest BCUT2D eigenvalue weighted by molar-refractivity contribution is 5.93. The van der Waals surface area contributed by atoms with Crippen LogP contribution < -0.4 is 21.3 Å². The van der Waals surface area contributed by atoms with E-state index < -0.39 is 0 Å². The number of aliphatic hydroxyl groups is 1. The van der Waals surface area contributed by atoms with Crippen molar-refractivity contribution in [1.82, 2.24) is 20.6 Å². The number of benzene rings is 2. The van der Waals surface area contributed by atoms with Gasteiger partial charge in [0.05, 0.1) is 12.1 Å². The SMILES string of the molecule is CC(C)NC1CC(C(=O)NC2CCC(Nc3nc(N[C@H](C)CO)nc4ccc(-c5ccccc5)cc34)CC2)C1. The summed E-state index contributed by atoms with van der Waals surface area (Å²) in [7, 11) is 0. The van der Waals surface area contributed by atoms with Gasteiger partial charge in [0.1, 0.15) is 5.82 Å². The average Bonchev–Trinajstić information content (AvgIpc) is 2.91. The summed E-state index contributed by atoms with van der Waals surface area (Å²) in [4.78, 5) is 22.3. The van der Waals surface area contributed by atoms with Crippen molar-refractivity contribution in [2.75, 3.05) is 17.2 Å². The van der Waals surface area contributed by atoms with Crippen molar-refractivity contribution in [2.45, 2.75) is 89.5 Å². The van der Waals surface area contributed by atoms with E-state index in [2.05, 4.69) is 59.4 Å². The number of nitrogens with one attached hydrogen (secondary N) is 4. The molecule has 2 aliphatic carbocycles. The van der Waals surface area contributed by atoms with Crippen LogP contribution in [0.15, 0.2) is 48.5 Å². The maximum atomic E-state index is 12.7. The number of hydrogen-bond acceptors (Lipinski definition) is 7. The molecule has 1 atom stereocenters. The fourth-order valence-electron chi connectivity index (χ4n) is 5.71. The number of hydrogen-bond donors (Lipinski definition) is 5. The number of anilines is 2. The first-order chi connectivity index (χ1) is 18.9. The number of nitrogens with zero attached hydrogens (tertiary/aromatic N) is 2. The number of fused-ring (bicyclic) bond motifs is 1. The molecule has 0 saturated heterocycles. The molecule has 0 radical (unpaired) electrons. The standard InChI is InChI=1S/C31H42N6O2/c1-19(2)32-26-15-23(16-26)30(39)35-25-12-10-24(11-13-25)34-29-27-17-22(21-7-5-4-6-8-21)9-14-28(27)36-31(37-29)33-20(3)18-38/h4-9,14,17,19-20,23-26,32,38H,10-13,15-16,18H2,1-3H3,(H,35,39)(H2,33,34,36,37)/t20-,23?,24?,25?,26?/m1/s1. The minimum atomic E-state index is -0.148. The molecule has 8 nitrogen and oxygen atoms in total. The first-order valence-electron chi connectivity index (χ1n) is 14.5. The van der Waals surface area contributed by atoms with Crippen LogP contribution in [0.1, 0.15) is 59.3 Å². The minimum Gasteiger partial charge on any atom is -0.394 e. The van der Waals surface area contributed by atoms with Gasteiger partial charge < -0.3 is 26.4 Å². The van der Waals surface area contributed by atoms with Gasteiger partial charge in [-0.25, -0.2) is 4.98 Å². The molecule has 0 aliphatic heterocycles. The van der Waals surface area contributed by atoms with E-state index in [9.17, 15) is 9.90 Å². The van der Waals surface area contributed by atoms with Crippen molar-refractivity contribution < 1.29 is 9.90 Å². The van der Waals surface area contributed by atoms with Gasteiger partial charge in [-0.05, 0) is 68.7 Å². The molecule has 2 saturated carbocycles. The molecule has 2 aromatic carbocycles. The van der Waals surface area contributed by atoms with E-state index in [-0.39, 0.29) is 36.6 Å². The number of rotatable bonds is 10. The second-order valence-electron chi connectivity index (χ2n) is 11.6. The van der Waals surface area contributed by atoms with E-state index in [0.29, 0.717) is 18.0 Å². The summed E-state index contributed by atoms with van der Waals surface area (Å²) in [6, 6.07) is 17.9. The highest BCUT2D eigenvalue weighted by Gasteiger charge is 2.35. The number of aromatic nitrogens is 2. The maximum Gasteiger partial charge on any atom is 0.225 e. The van der Waals surface area contributed by atoms with Gasteiger partial charge in [0.25, 0.3) is 0 Å². The molecule has 5 rings (SSSR count). The Labute approximate surface area is 231 Å². The minimum absolute atomic E-state index is 0.00257. The molecule has 39 heavy (non-hydrogen) atoms. The van der Waals surface area contributed by atoms with Crippen molar-refractivity contribution in [2.24, 2.45) is 5.92 Å². The zero-order chi connectivity index (χ0) is 27.4. The van der Waals surface area contributed by atoms with E-state index in [4.69, 9.17) is 9.97 Å². The van der Waals surface area contributed by atoms with E-state index in [1.165, 1.54) is 0 Å². The van der Waals surface area contributed by atoms with E-state index >= 15 is 0 Å². The lowest BCUT2D eigenvalue weighted by molar-refractivity contribution is -0.129. The predicted molar refractivity (Wildman–Crippen MR) is 158 cm³/mol. The molecule has 0 unspecified atom stereocenters. The average molecular weight is 531 g/mol. The second-order valence-corrected chi connectivity index (χ2v) is 11.6. The normalized spacial score (nSPS) is 23.7. The van der Waals surface area contributed by atoms with Crippen LogP contribution in [0.5, 0.6) is 0 Å². The van der Waals surface area contributed by atoms with Gasteiger partial charge in [-0.1, -0.05) is 50.2 Å². The van der Waals surface area contributed by atoms with Crippen LogP contribution >= 0.6 is 0 Å². The molecule has 5 N–H and O–H groups in total. The van der Waals surface area contributed by atoms with Gasteiger partial charge in [-0.15, -0.1) is 0 Å². The smallest absolute Gasteiger partial charge is 0.225 e. The monoisotopic (exact) mass is 530 g/mol. The third kappa shape index (κ3) is 6.86. The Bertz CT molecular complexity index is 1250. The molecule has 1 heterocycles. The van der Waals surface area contributed by atoms with Crippen LogP contribution in [-0.2, 0) is 4.79 Å². The lowest BCUT2D eigenvalue weighted by Crippen LogP contribution is -2.51. The Morgan fingerprint density at radius 3 is 2.33 bits per heavy atom. The van der Waals surface area contributed by atoms with E-state index in [1.807, 2.05) is 31.2 Å². The van der Waals surface area contributed by atoms with Crippen molar-refractivity contribution in [3.05, 3.63) is 48.5 Å². The summed E-state index contributed by atoms with van der Waals surface area (Å²) in [6.07, 6.45) is 5.72. The van der Waals surface area contributed by atoms with Gasteiger partial charge >= 0.3 is 0 Å². The lowest BCUT2D eigenvalue weighted by Gasteiger charge is -2.38. The molecule has 2 aliphatic rings. The molecule has 3 aromatic rings. The molecule has 8 heteroatoms. The topological polar surface area (TPSA) is 111 Å². The lowest BCUT2D eigenvalue weighted by atomic mass is 9.79. The maximum absolute atomic E-state index is 12.7. The first-order valence-corrected chi connectivity index (χ1v) is 14.5. The molecular formula is C31H42N6O2. The Morgan fingerprint density at radius 2 is 1.64 bits per heavy atom. The Balaban J connectivity index is 1.25. The summed E-state index contributed by atoms with van der Waals surface area (Å²) >= 11 is 0. The molecule has 1 aromatic heterocycles. The highest BCUT2D eigenvalue weighted by Crippen LogP contribution is 2.32. The van der Waals surface area contributed by atoms with Gasteiger partial charge in [0, 0.05) is 41.5 Å². The molecule has 0 spiro atoms. The fraction of sp³-hybridized carbons (Fsp3) is 0.516. The summed E-state index contributed by atoms with van der Waals surface area (Å²) in [5.74, 6) is 1.68. The van der Waals surface area contributed by atoms with Gasteiger partial charge in [-0.3, -0.25) is 4.79 Å². The van der Waals surface area contributed by atoms with Gasteiger partial charge in [-0.2, -0.15) is 4.98 Å². The molecule has 2 fully saturated rings. The first kappa shape index (κ1) is 27.3. The number of carbonyl (C=O) groups is 1. The van der Waals surface area contributed by atoms with Crippen LogP contribution in [-0.4, -0.2) is 57.8 Å². The number of amides is 1. The Kier molecular flexibility index (Phi) is 8.63. The zero-order valence-electron chi connectivity index (χ0n) is 23.3. The molecular weight excluding hydrogens is 488 g/mol. The van der Waals surface area contributed by atoms with Crippen LogP contribution in [0.25, 0.3) is 22.0 Å². The third-order valence-electron chi connectivity index (χ3n) is 7.94. The third-order valence-corrected chi connectivity index (χ3v) is 7.94. The summed E-state index contributed by atoms with van der Waals surface area (Å²) in [5, 5.41) is 24.3.